The smallest absolute Gasteiger partial charge is 0.138 e. The molecule has 0 amide bonds. The minimum atomic E-state index is -0.225. The number of aryl methyl sites for hydroxylation is 3. The van der Waals surface area contributed by atoms with E-state index in [1.54, 1.807) is 0 Å². The summed E-state index contributed by atoms with van der Waals surface area (Å²) in [5.41, 5.74) is 5.95. The van der Waals surface area contributed by atoms with Gasteiger partial charge < -0.3 is 0 Å². The van der Waals surface area contributed by atoms with Crippen LogP contribution in [0.5, 0.6) is 0 Å². The van der Waals surface area contributed by atoms with Gasteiger partial charge in [-0.3, -0.25) is 0 Å². The molecule has 116 valence electrons. The Morgan fingerprint density at radius 1 is 0.696 bits per heavy atom. The molecule has 0 unspecified atom stereocenters. The molecule has 3 aromatic rings. The summed E-state index contributed by atoms with van der Waals surface area (Å²) in [6.07, 6.45) is 0. The first-order chi connectivity index (χ1) is 11.0. The lowest BCUT2D eigenvalue weighted by Crippen LogP contribution is -1.94. The Bertz CT molecular complexity index is 881. The van der Waals surface area contributed by atoms with Crippen LogP contribution >= 0.6 is 11.6 Å². The molecule has 0 atom stereocenters. The maximum Gasteiger partial charge on any atom is 0.138 e. The molecule has 0 nitrogen and oxygen atoms in total. The number of halogens is 2. The van der Waals surface area contributed by atoms with Crippen LogP contribution in [0.25, 0.3) is 22.3 Å². The molecule has 0 saturated carbocycles. The summed E-state index contributed by atoms with van der Waals surface area (Å²) in [6.45, 7) is 5.96. The van der Waals surface area contributed by atoms with Gasteiger partial charge >= 0.3 is 0 Å². The molecule has 0 aromatic heterocycles. The third kappa shape index (κ3) is 3.02. The average Bonchev–Trinajstić information content (AvgIpc) is 2.52. The molecule has 2 heteroatoms. The molecule has 0 aliphatic carbocycles. The Balaban J connectivity index is 2.29. The first-order valence-electron chi connectivity index (χ1n) is 7.60. The molecule has 0 N–H and O–H groups in total. The highest BCUT2D eigenvalue weighted by Crippen LogP contribution is 2.37. The molecule has 0 saturated heterocycles. The second kappa shape index (κ2) is 6.17. The van der Waals surface area contributed by atoms with E-state index in [0.29, 0.717) is 16.1 Å². The molecule has 0 aliphatic rings. The van der Waals surface area contributed by atoms with Gasteiger partial charge in [-0.25, -0.2) is 4.39 Å². The van der Waals surface area contributed by atoms with Crippen LogP contribution in [-0.2, 0) is 0 Å². The largest absolute Gasteiger partial charge is 0.206 e. The van der Waals surface area contributed by atoms with Gasteiger partial charge in [0.25, 0.3) is 0 Å². The standard InChI is InChI=1S/C21H18ClF/c1-13-8-9-20(22)17(10-13)19-12-14(2)11-18(21(19)23)16-7-5-4-6-15(16)3/h4-12H,1-3H3. The summed E-state index contributed by atoms with van der Waals surface area (Å²) < 4.78 is 15.3. The van der Waals surface area contributed by atoms with Crippen molar-refractivity contribution >= 4 is 11.6 Å². The van der Waals surface area contributed by atoms with E-state index in [0.717, 1.165) is 27.8 Å². The van der Waals surface area contributed by atoms with Crippen molar-refractivity contribution in [1.82, 2.24) is 0 Å². The van der Waals surface area contributed by atoms with Gasteiger partial charge in [0.15, 0.2) is 0 Å². The van der Waals surface area contributed by atoms with E-state index < -0.39 is 0 Å². The quantitative estimate of drug-likeness (QED) is 0.489. The van der Waals surface area contributed by atoms with Crippen molar-refractivity contribution in [3.05, 3.63) is 82.1 Å². The SMILES string of the molecule is Cc1ccc(Cl)c(-c2cc(C)cc(-c3ccccc3C)c2F)c1. The lowest BCUT2D eigenvalue weighted by molar-refractivity contribution is 0.634. The maximum absolute atomic E-state index is 15.3. The van der Waals surface area contributed by atoms with E-state index in [4.69, 9.17) is 11.6 Å². The molecule has 0 spiro atoms. The van der Waals surface area contributed by atoms with E-state index in [-0.39, 0.29) is 5.82 Å². The lowest BCUT2D eigenvalue weighted by atomic mass is 9.93. The van der Waals surface area contributed by atoms with Crippen LogP contribution in [0.15, 0.2) is 54.6 Å². The van der Waals surface area contributed by atoms with E-state index in [1.165, 1.54) is 0 Å². The van der Waals surface area contributed by atoms with Crippen LogP contribution in [0.4, 0.5) is 4.39 Å². The van der Waals surface area contributed by atoms with Gasteiger partial charge in [0.1, 0.15) is 5.82 Å². The summed E-state index contributed by atoms with van der Waals surface area (Å²) in [5, 5.41) is 0.566. The molecular formula is C21H18ClF. The minimum Gasteiger partial charge on any atom is -0.206 e. The zero-order valence-corrected chi connectivity index (χ0v) is 14.2. The van der Waals surface area contributed by atoms with Crippen molar-refractivity contribution in [2.45, 2.75) is 20.8 Å². The Kier molecular flexibility index (Phi) is 4.23. The molecule has 0 bridgehead atoms. The molecule has 0 fully saturated rings. The number of hydrogen-bond acceptors (Lipinski definition) is 0. The first kappa shape index (κ1) is 15.8. The average molecular weight is 325 g/mol. The van der Waals surface area contributed by atoms with Crippen LogP contribution < -0.4 is 0 Å². The van der Waals surface area contributed by atoms with Crippen molar-refractivity contribution in [2.24, 2.45) is 0 Å². The van der Waals surface area contributed by atoms with Gasteiger partial charge in [-0.05, 0) is 61.7 Å². The third-order valence-electron chi connectivity index (χ3n) is 4.06. The highest BCUT2D eigenvalue weighted by molar-refractivity contribution is 6.33. The fourth-order valence-electron chi connectivity index (χ4n) is 2.88. The van der Waals surface area contributed by atoms with Crippen LogP contribution in [0.1, 0.15) is 16.7 Å². The molecular weight excluding hydrogens is 307 g/mol. The molecule has 3 aromatic carbocycles. The van der Waals surface area contributed by atoms with Crippen LogP contribution in [0, 0.1) is 26.6 Å². The van der Waals surface area contributed by atoms with Crippen molar-refractivity contribution in [3.8, 4) is 22.3 Å². The summed E-state index contributed by atoms with van der Waals surface area (Å²) in [5.74, 6) is -0.225. The van der Waals surface area contributed by atoms with Crippen molar-refractivity contribution in [1.29, 1.82) is 0 Å². The third-order valence-corrected chi connectivity index (χ3v) is 4.39. The van der Waals surface area contributed by atoms with Crippen molar-refractivity contribution in [2.75, 3.05) is 0 Å². The van der Waals surface area contributed by atoms with Crippen molar-refractivity contribution < 1.29 is 4.39 Å². The number of benzene rings is 3. The fourth-order valence-corrected chi connectivity index (χ4v) is 3.10. The molecule has 0 radical (unpaired) electrons. The van der Waals surface area contributed by atoms with Gasteiger partial charge in [-0.1, -0.05) is 47.5 Å². The predicted octanol–water partition coefficient (Wildman–Crippen LogP) is 6.74. The lowest BCUT2D eigenvalue weighted by Gasteiger charge is -2.14. The maximum atomic E-state index is 15.3. The van der Waals surface area contributed by atoms with Crippen LogP contribution in [0.2, 0.25) is 5.02 Å². The molecule has 0 heterocycles. The zero-order valence-electron chi connectivity index (χ0n) is 13.5. The van der Waals surface area contributed by atoms with E-state index in [1.807, 2.05) is 75.4 Å². The molecule has 23 heavy (non-hydrogen) atoms. The minimum absolute atomic E-state index is 0.225. The fraction of sp³-hybridized carbons (Fsp3) is 0.143. The summed E-state index contributed by atoms with van der Waals surface area (Å²) in [4.78, 5) is 0. The van der Waals surface area contributed by atoms with E-state index in [9.17, 15) is 0 Å². The molecule has 0 aliphatic heterocycles. The van der Waals surface area contributed by atoms with Gasteiger partial charge in [0.05, 0.1) is 0 Å². The Morgan fingerprint density at radius 3 is 2.00 bits per heavy atom. The monoisotopic (exact) mass is 324 g/mol. The highest BCUT2D eigenvalue weighted by Gasteiger charge is 2.16. The summed E-state index contributed by atoms with van der Waals surface area (Å²) >= 11 is 6.32. The van der Waals surface area contributed by atoms with Crippen LogP contribution in [0.3, 0.4) is 0 Å². The Morgan fingerprint density at radius 2 is 1.30 bits per heavy atom. The Hall–Kier alpha value is -2.12. The number of hydrogen-bond donors (Lipinski definition) is 0. The van der Waals surface area contributed by atoms with E-state index >= 15 is 4.39 Å². The topological polar surface area (TPSA) is 0 Å². The highest BCUT2D eigenvalue weighted by atomic mass is 35.5. The second-order valence-corrected chi connectivity index (χ2v) is 6.38. The van der Waals surface area contributed by atoms with Gasteiger partial charge in [0.2, 0.25) is 0 Å². The van der Waals surface area contributed by atoms with E-state index in [2.05, 4.69) is 0 Å². The number of rotatable bonds is 2. The Labute approximate surface area is 141 Å². The van der Waals surface area contributed by atoms with Crippen molar-refractivity contribution in [3.63, 3.8) is 0 Å². The van der Waals surface area contributed by atoms with Gasteiger partial charge in [-0.15, -0.1) is 0 Å². The van der Waals surface area contributed by atoms with Crippen LogP contribution in [-0.4, -0.2) is 0 Å². The summed E-state index contributed by atoms with van der Waals surface area (Å²) in [7, 11) is 0. The predicted molar refractivity (Wildman–Crippen MR) is 96.5 cm³/mol. The summed E-state index contributed by atoms with van der Waals surface area (Å²) in [6, 6.07) is 17.3. The zero-order chi connectivity index (χ0) is 16.6. The van der Waals surface area contributed by atoms with Gasteiger partial charge in [-0.2, -0.15) is 0 Å². The normalized spacial score (nSPS) is 10.8. The van der Waals surface area contributed by atoms with Gasteiger partial charge in [0, 0.05) is 21.7 Å². The second-order valence-electron chi connectivity index (χ2n) is 5.97. The molecule has 3 rings (SSSR count). The first-order valence-corrected chi connectivity index (χ1v) is 7.98.